The molecule has 31 heavy (non-hydrogen) atoms. The summed E-state index contributed by atoms with van der Waals surface area (Å²) in [6, 6.07) is 11.9. The number of rotatable bonds is 3. The molecule has 2 aliphatic rings. The molecule has 0 bridgehead atoms. The minimum atomic E-state index is -0.458. The number of carbonyl (C=O) groups is 3. The van der Waals surface area contributed by atoms with Crippen molar-refractivity contribution in [3.8, 4) is 0 Å². The van der Waals surface area contributed by atoms with E-state index >= 15 is 0 Å². The van der Waals surface area contributed by atoms with Crippen LogP contribution >= 0.6 is 0 Å². The summed E-state index contributed by atoms with van der Waals surface area (Å²) in [6.45, 7) is 7.67. The van der Waals surface area contributed by atoms with Crippen molar-refractivity contribution in [3.63, 3.8) is 0 Å². The molecule has 2 amide bonds. The van der Waals surface area contributed by atoms with Crippen molar-refractivity contribution in [1.82, 2.24) is 9.88 Å². The summed E-state index contributed by atoms with van der Waals surface area (Å²) in [5.41, 5.74) is 9.31. The fourth-order valence-electron chi connectivity index (χ4n) is 4.84. The number of hydrogen-bond donors (Lipinski definition) is 2. The third-order valence-electron chi connectivity index (χ3n) is 6.16. The minimum absolute atomic E-state index is 0.0514. The molecule has 4 rings (SSSR count). The molecule has 2 aliphatic heterocycles. The third kappa shape index (κ3) is 4.38. The van der Waals surface area contributed by atoms with Crippen LogP contribution in [0.5, 0.6) is 0 Å². The lowest BCUT2D eigenvalue weighted by atomic mass is 9.87. The summed E-state index contributed by atoms with van der Waals surface area (Å²) in [6.07, 6.45) is 0. The van der Waals surface area contributed by atoms with Gasteiger partial charge in [0.05, 0.1) is 11.6 Å². The van der Waals surface area contributed by atoms with E-state index in [1.807, 2.05) is 30.0 Å². The van der Waals surface area contributed by atoms with Gasteiger partial charge in [-0.15, -0.1) is 0 Å². The predicted octanol–water partition coefficient (Wildman–Crippen LogP) is 2.15. The maximum Gasteiger partial charge on any atom is 0.290 e. The van der Waals surface area contributed by atoms with Gasteiger partial charge in [0, 0.05) is 44.1 Å². The second-order valence-corrected chi connectivity index (χ2v) is 8.10. The number of carboxylic acid groups (broad SMARTS) is 1. The Labute approximate surface area is 181 Å². The summed E-state index contributed by atoms with van der Waals surface area (Å²) >= 11 is 0. The Balaban J connectivity index is 0.000000858. The number of aromatic nitrogens is 1. The van der Waals surface area contributed by atoms with E-state index < -0.39 is 5.91 Å². The monoisotopic (exact) mass is 424 g/mol. The van der Waals surface area contributed by atoms with E-state index in [4.69, 9.17) is 15.6 Å². The van der Waals surface area contributed by atoms with Crippen molar-refractivity contribution in [2.24, 2.45) is 17.6 Å². The summed E-state index contributed by atoms with van der Waals surface area (Å²) in [5.74, 6) is 0.963. The number of likely N-dealkylation sites (tertiary alicyclic amines) is 1. The van der Waals surface area contributed by atoms with Crippen LogP contribution in [0.15, 0.2) is 36.4 Å². The van der Waals surface area contributed by atoms with Gasteiger partial charge in [0.2, 0.25) is 5.91 Å². The van der Waals surface area contributed by atoms with Crippen molar-refractivity contribution in [1.29, 1.82) is 0 Å². The van der Waals surface area contributed by atoms with Crippen LogP contribution in [-0.2, 0) is 9.59 Å². The molecule has 8 heteroatoms. The molecule has 0 unspecified atom stereocenters. The first kappa shape index (κ1) is 22.3. The molecule has 3 heterocycles. The largest absolute Gasteiger partial charge is 0.483 e. The topological polar surface area (TPSA) is 117 Å². The standard InChI is InChI=1S/C22H26N4O2.CH2O2/c1-13-6-4-5-7-17(13)20-19-12-25(10-16(19)11-26(20)15(3)27)22-18(21(23)28)9-8-14(2)24-22;2-1-3/h4-9,16,19-20H,10-12H2,1-3H3,(H2,23,28);1H,(H,2,3)/t16-,19-,20+;/m1./s1. The minimum Gasteiger partial charge on any atom is -0.483 e. The van der Waals surface area contributed by atoms with E-state index in [1.165, 1.54) is 11.1 Å². The Hall–Kier alpha value is -3.42. The van der Waals surface area contributed by atoms with Crippen LogP contribution in [0.4, 0.5) is 5.82 Å². The van der Waals surface area contributed by atoms with Crippen LogP contribution in [0.2, 0.25) is 0 Å². The van der Waals surface area contributed by atoms with Crippen molar-refractivity contribution < 1.29 is 19.5 Å². The van der Waals surface area contributed by atoms with E-state index in [-0.39, 0.29) is 18.4 Å². The van der Waals surface area contributed by atoms with E-state index in [2.05, 4.69) is 28.9 Å². The van der Waals surface area contributed by atoms with Gasteiger partial charge in [-0.1, -0.05) is 24.3 Å². The van der Waals surface area contributed by atoms with E-state index in [1.54, 1.807) is 13.0 Å². The number of fused-ring (bicyclic) bond motifs is 1. The Morgan fingerprint density at radius 2 is 1.81 bits per heavy atom. The highest BCUT2D eigenvalue weighted by Gasteiger charge is 2.49. The number of hydrogen-bond acceptors (Lipinski definition) is 5. The molecule has 8 nitrogen and oxygen atoms in total. The third-order valence-corrected chi connectivity index (χ3v) is 6.16. The Kier molecular flexibility index (Phi) is 6.58. The molecule has 1 aromatic carbocycles. The molecule has 0 aliphatic carbocycles. The number of anilines is 1. The van der Waals surface area contributed by atoms with Gasteiger partial charge in [-0.25, -0.2) is 4.98 Å². The lowest BCUT2D eigenvalue weighted by molar-refractivity contribution is -0.130. The highest BCUT2D eigenvalue weighted by Crippen LogP contribution is 2.46. The zero-order chi connectivity index (χ0) is 22.7. The number of primary amides is 1. The summed E-state index contributed by atoms with van der Waals surface area (Å²) in [5, 5.41) is 6.89. The quantitative estimate of drug-likeness (QED) is 0.729. The first-order chi connectivity index (χ1) is 14.8. The molecule has 1 aromatic heterocycles. The number of carbonyl (C=O) groups excluding carboxylic acids is 2. The van der Waals surface area contributed by atoms with Gasteiger partial charge >= 0.3 is 0 Å². The maximum atomic E-state index is 12.4. The van der Waals surface area contributed by atoms with E-state index in [9.17, 15) is 9.59 Å². The number of nitrogens with two attached hydrogens (primary N) is 1. The van der Waals surface area contributed by atoms with Crippen LogP contribution < -0.4 is 10.6 Å². The Bertz CT molecular complexity index is 993. The summed E-state index contributed by atoms with van der Waals surface area (Å²) in [4.78, 5) is 41.4. The van der Waals surface area contributed by atoms with Gasteiger partial charge in [0.25, 0.3) is 12.4 Å². The van der Waals surface area contributed by atoms with Crippen LogP contribution in [-0.4, -0.2) is 52.9 Å². The molecule has 2 fully saturated rings. The van der Waals surface area contributed by atoms with E-state index in [0.29, 0.717) is 23.2 Å². The smallest absolute Gasteiger partial charge is 0.290 e. The second-order valence-electron chi connectivity index (χ2n) is 8.10. The zero-order valence-corrected chi connectivity index (χ0v) is 18.0. The van der Waals surface area contributed by atoms with Crippen molar-refractivity contribution >= 4 is 24.1 Å². The maximum absolute atomic E-state index is 12.4. The molecule has 0 radical (unpaired) electrons. The lowest BCUT2D eigenvalue weighted by Crippen LogP contribution is -2.35. The van der Waals surface area contributed by atoms with Gasteiger partial charge in [-0.2, -0.15) is 0 Å². The molecule has 0 spiro atoms. The molecule has 2 saturated heterocycles. The van der Waals surface area contributed by atoms with Crippen molar-refractivity contribution in [2.45, 2.75) is 26.8 Å². The van der Waals surface area contributed by atoms with Gasteiger partial charge in [-0.3, -0.25) is 14.4 Å². The number of aryl methyl sites for hydroxylation is 2. The summed E-state index contributed by atoms with van der Waals surface area (Å²) < 4.78 is 0. The highest BCUT2D eigenvalue weighted by molar-refractivity contribution is 5.97. The number of benzene rings is 1. The zero-order valence-electron chi connectivity index (χ0n) is 18.0. The average molecular weight is 425 g/mol. The normalized spacial score (nSPS) is 21.8. The first-order valence-electron chi connectivity index (χ1n) is 10.2. The molecule has 2 aromatic rings. The summed E-state index contributed by atoms with van der Waals surface area (Å²) in [7, 11) is 0. The van der Waals surface area contributed by atoms with Gasteiger partial charge in [0.15, 0.2) is 0 Å². The van der Waals surface area contributed by atoms with Crippen LogP contribution in [0.3, 0.4) is 0 Å². The number of nitrogens with zero attached hydrogens (tertiary/aromatic N) is 3. The average Bonchev–Trinajstić information content (AvgIpc) is 3.27. The fraction of sp³-hybridized carbons (Fsp3) is 0.391. The Morgan fingerprint density at radius 3 is 2.42 bits per heavy atom. The highest BCUT2D eigenvalue weighted by atomic mass is 16.3. The second kappa shape index (κ2) is 9.16. The molecular formula is C23H28N4O4. The predicted molar refractivity (Wildman–Crippen MR) is 117 cm³/mol. The first-order valence-corrected chi connectivity index (χ1v) is 10.2. The SMILES string of the molecule is CC(=O)N1C[C@H]2CN(c3nc(C)ccc3C(N)=O)C[C@H]2[C@@H]1c1ccccc1C.O=CO. The van der Waals surface area contributed by atoms with E-state index in [0.717, 1.165) is 25.3 Å². The Morgan fingerprint density at radius 1 is 1.13 bits per heavy atom. The molecule has 3 N–H and O–H groups in total. The molecular weight excluding hydrogens is 396 g/mol. The fourth-order valence-corrected chi connectivity index (χ4v) is 4.84. The number of pyridine rings is 1. The van der Waals surface area contributed by atoms with Crippen molar-refractivity contribution in [3.05, 3.63) is 58.8 Å². The van der Waals surface area contributed by atoms with Gasteiger partial charge in [-0.05, 0) is 37.1 Å². The molecule has 164 valence electrons. The lowest BCUT2D eigenvalue weighted by Gasteiger charge is -2.30. The van der Waals surface area contributed by atoms with Crippen molar-refractivity contribution in [2.75, 3.05) is 24.5 Å². The van der Waals surface area contributed by atoms with Gasteiger partial charge in [0.1, 0.15) is 5.82 Å². The van der Waals surface area contributed by atoms with Crippen LogP contribution in [0, 0.1) is 25.7 Å². The molecule has 3 atom stereocenters. The van der Waals surface area contributed by atoms with Gasteiger partial charge < -0.3 is 20.6 Å². The van der Waals surface area contributed by atoms with Crippen LogP contribution in [0.1, 0.15) is 40.1 Å². The number of amides is 2. The molecule has 0 saturated carbocycles. The van der Waals surface area contributed by atoms with Crippen LogP contribution in [0.25, 0.3) is 0 Å².